The van der Waals surface area contributed by atoms with Crippen LogP contribution in [0.3, 0.4) is 0 Å². The van der Waals surface area contributed by atoms with Crippen LogP contribution >= 0.6 is 0 Å². The molecule has 2 aliphatic rings. The summed E-state index contributed by atoms with van der Waals surface area (Å²) in [6, 6.07) is 0. The third-order valence-electron chi connectivity index (χ3n) is 2.79. The molecule has 0 unspecified atom stereocenters. The van der Waals surface area contributed by atoms with Crippen LogP contribution in [0.4, 0.5) is 0 Å². The first-order valence-corrected chi connectivity index (χ1v) is 4.51. The highest BCUT2D eigenvalue weighted by Crippen LogP contribution is 2.37. The van der Waals surface area contributed by atoms with Crippen molar-refractivity contribution < 1.29 is 4.74 Å². The van der Waals surface area contributed by atoms with Gasteiger partial charge in [-0.05, 0) is 19.3 Å². The summed E-state index contributed by atoms with van der Waals surface area (Å²) in [5.41, 5.74) is 0.441. The normalized spacial score (nSPS) is 33.3. The number of hydrogen-bond acceptors (Lipinski definition) is 2. The van der Waals surface area contributed by atoms with Gasteiger partial charge in [0.25, 0.3) is 0 Å². The van der Waals surface area contributed by atoms with Crippen LogP contribution in [-0.4, -0.2) is 18.9 Å². The van der Waals surface area contributed by atoms with E-state index in [0.29, 0.717) is 5.41 Å². The van der Waals surface area contributed by atoms with E-state index < -0.39 is 0 Å². The fraction of sp³-hybridized carbons (Fsp3) is 1.00. The van der Waals surface area contributed by atoms with Crippen molar-refractivity contribution in [1.82, 2.24) is 5.32 Å². The van der Waals surface area contributed by atoms with E-state index >= 15 is 0 Å². The van der Waals surface area contributed by atoms with Crippen LogP contribution < -0.4 is 5.32 Å². The molecule has 2 rings (SSSR count). The molecule has 1 aliphatic carbocycles. The Kier molecular flexibility index (Phi) is 1.52. The molecule has 1 heterocycles. The standard InChI is InChI=1S/C9H17NO/c1-8(2)6-10-9(11-7-8)4-3-5-9/h10H,3-7H2,1-2H3. The molecule has 1 aliphatic heterocycles. The van der Waals surface area contributed by atoms with Gasteiger partial charge in [-0.15, -0.1) is 0 Å². The van der Waals surface area contributed by atoms with Crippen LogP contribution in [0.15, 0.2) is 0 Å². The lowest BCUT2D eigenvalue weighted by Crippen LogP contribution is -2.61. The zero-order valence-electron chi connectivity index (χ0n) is 7.44. The summed E-state index contributed by atoms with van der Waals surface area (Å²) >= 11 is 0. The van der Waals surface area contributed by atoms with E-state index in [-0.39, 0.29) is 5.72 Å². The maximum absolute atomic E-state index is 5.81. The molecule has 0 radical (unpaired) electrons. The smallest absolute Gasteiger partial charge is 0.119 e. The van der Waals surface area contributed by atoms with Crippen molar-refractivity contribution in [2.45, 2.75) is 38.8 Å². The molecule has 0 atom stereocenters. The molecule has 2 fully saturated rings. The third kappa shape index (κ3) is 1.30. The molecule has 2 heteroatoms. The highest BCUT2D eigenvalue weighted by molar-refractivity contribution is 4.93. The fourth-order valence-electron chi connectivity index (χ4n) is 1.65. The Morgan fingerprint density at radius 2 is 2.00 bits per heavy atom. The minimum absolute atomic E-state index is 0.107. The summed E-state index contributed by atoms with van der Waals surface area (Å²) in [7, 11) is 0. The van der Waals surface area contributed by atoms with Crippen molar-refractivity contribution in [2.75, 3.05) is 13.2 Å². The van der Waals surface area contributed by atoms with E-state index in [4.69, 9.17) is 4.74 Å². The molecule has 1 saturated carbocycles. The second kappa shape index (κ2) is 2.20. The molecular weight excluding hydrogens is 138 g/mol. The van der Waals surface area contributed by atoms with Crippen LogP contribution in [0.2, 0.25) is 0 Å². The average Bonchev–Trinajstić information content (AvgIpc) is 1.84. The Balaban J connectivity index is 1.94. The van der Waals surface area contributed by atoms with Crippen LogP contribution in [0.1, 0.15) is 33.1 Å². The van der Waals surface area contributed by atoms with Crippen LogP contribution in [-0.2, 0) is 4.74 Å². The predicted molar refractivity (Wildman–Crippen MR) is 44.3 cm³/mol. The summed E-state index contributed by atoms with van der Waals surface area (Å²) < 4.78 is 5.81. The molecule has 64 valence electrons. The molecule has 0 bridgehead atoms. The molecular formula is C9H17NO. The van der Waals surface area contributed by atoms with Crippen molar-refractivity contribution in [3.05, 3.63) is 0 Å². The lowest BCUT2D eigenvalue weighted by molar-refractivity contribution is -0.176. The predicted octanol–water partition coefficient (Wildman–Crippen LogP) is 1.51. The first kappa shape index (κ1) is 7.56. The fourth-order valence-corrected chi connectivity index (χ4v) is 1.65. The first-order valence-electron chi connectivity index (χ1n) is 4.51. The maximum atomic E-state index is 5.81. The van der Waals surface area contributed by atoms with Gasteiger partial charge >= 0.3 is 0 Å². The lowest BCUT2D eigenvalue weighted by atomic mass is 9.83. The number of hydrogen-bond donors (Lipinski definition) is 1. The molecule has 1 saturated heterocycles. The number of nitrogens with one attached hydrogen (secondary N) is 1. The van der Waals surface area contributed by atoms with Crippen molar-refractivity contribution in [3.63, 3.8) is 0 Å². The quantitative estimate of drug-likeness (QED) is 0.572. The van der Waals surface area contributed by atoms with Crippen LogP contribution in [0.25, 0.3) is 0 Å². The van der Waals surface area contributed by atoms with Gasteiger partial charge in [0, 0.05) is 12.0 Å². The molecule has 1 spiro atoms. The highest BCUT2D eigenvalue weighted by Gasteiger charge is 2.43. The number of ether oxygens (including phenoxy) is 1. The second-order valence-electron chi connectivity index (χ2n) is 4.65. The second-order valence-corrected chi connectivity index (χ2v) is 4.65. The van der Waals surface area contributed by atoms with Gasteiger partial charge in [0.2, 0.25) is 0 Å². The van der Waals surface area contributed by atoms with E-state index in [1.807, 2.05) is 0 Å². The average molecular weight is 155 g/mol. The largest absolute Gasteiger partial charge is 0.360 e. The van der Waals surface area contributed by atoms with Gasteiger partial charge in [0.05, 0.1) is 6.61 Å². The zero-order valence-corrected chi connectivity index (χ0v) is 7.44. The third-order valence-corrected chi connectivity index (χ3v) is 2.79. The van der Waals surface area contributed by atoms with Gasteiger partial charge in [-0.1, -0.05) is 13.8 Å². The van der Waals surface area contributed by atoms with Crippen molar-refractivity contribution in [2.24, 2.45) is 5.41 Å². The summed E-state index contributed by atoms with van der Waals surface area (Å²) in [4.78, 5) is 0. The highest BCUT2D eigenvalue weighted by atomic mass is 16.5. The Morgan fingerprint density at radius 1 is 1.27 bits per heavy atom. The van der Waals surface area contributed by atoms with Gasteiger partial charge in [-0.25, -0.2) is 0 Å². The molecule has 0 aromatic carbocycles. The van der Waals surface area contributed by atoms with Gasteiger partial charge < -0.3 is 4.74 Å². The molecule has 11 heavy (non-hydrogen) atoms. The Bertz CT molecular complexity index is 149. The van der Waals surface area contributed by atoms with Gasteiger partial charge in [0.1, 0.15) is 5.72 Å². The minimum Gasteiger partial charge on any atom is -0.360 e. The summed E-state index contributed by atoms with van der Waals surface area (Å²) in [6.45, 7) is 6.50. The summed E-state index contributed by atoms with van der Waals surface area (Å²) in [6.07, 6.45) is 3.75. The minimum atomic E-state index is 0.107. The lowest BCUT2D eigenvalue weighted by Gasteiger charge is -2.49. The molecule has 0 amide bonds. The van der Waals surface area contributed by atoms with E-state index in [0.717, 1.165) is 13.2 Å². The topological polar surface area (TPSA) is 21.3 Å². The Labute approximate surface area is 68.3 Å². The van der Waals surface area contributed by atoms with Gasteiger partial charge in [-0.2, -0.15) is 0 Å². The van der Waals surface area contributed by atoms with E-state index in [9.17, 15) is 0 Å². The molecule has 0 aromatic rings. The van der Waals surface area contributed by atoms with Crippen molar-refractivity contribution in [1.29, 1.82) is 0 Å². The van der Waals surface area contributed by atoms with Crippen LogP contribution in [0.5, 0.6) is 0 Å². The monoisotopic (exact) mass is 155 g/mol. The molecule has 2 nitrogen and oxygen atoms in total. The number of rotatable bonds is 0. The summed E-state index contributed by atoms with van der Waals surface area (Å²) in [5.74, 6) is 0. The molecule has 1 N–H and O–H groups in total. The van der Waals surface area contributed by atoms with Crippen molar-refractivity contribution >= 4 is 0 Å². The van der Waals surface area contributed by atoms with E-state index in [2.05, 4.69) is 19.2 Å². The van der Waals surface area contributed by atoms with E-state index in [1.165, 1.54) is 19.3 Å². The maximum Gasteiger partial charge on any atom is 0.119 e. The van der Waals surface area contributed by atoms with Crippen LogP contribution in [0, 0.1) is 5.41 Å². The SMILES string of the molecule is CC1(C)CNC2(CCC2)OC1. The van der Waals surface area contributed by atoms with Gasteiger partial charge in [0.15, 0.2) is 0 Å². The Hall–Kier alpha value is -0.0800. The first-order chi connectivity index (χ1) is 5.12. The van der Waals surface area contributed by atoms with Gasteiger partial charge in [-0.3, -0.25) is 5.32 Å². The zero-order chi connectivity index (χ0) is 7.95. The van der Waals surface area contributed by atoms with E-state index in [1.54, 1.807) is 0 Å². The summed E-state index contributed by atoms with van der Waals surface area (Å²) in [5, 5.41) is 3.50. The van der Waals surface area contributed by atoms with Crippen molar-refractivity contribution in [3.8, 4) is 0 Å². The molecule has 0 aromatic heterocycles. The Morgan fingerprint density at radius 3 is 2.36 bits per heavy atom.